The van der Waals surface area contributed by atoms with Gasteiger partial charge >= 0.3 is 18.0 Å². The lowest BCUT2D eigenvalue weighted by atomic mass is 10.0. The van der Waals surface area contributed by atoms with Crippen LogP contribution in [0.5, 0.6) is 0 Å². The molecule has 3 aromatic rings. The topological polar surface area (TPSA) is 191 Å². The van der Waals surface area contributed by atoms with E-state index in [9.17, 15) is 14.4 Å². The Labute approximate surface area is 233 Å². The van der Waals surface area contributed by atoms with Gasteiger partial charge in [-0.3, -0.25) is 9.59 Å². The molecule has 0 aromatic heterocycles. The minimum absolute atomic E-state index is 0. The third kappa shape index (κ3) is 12.9. The standard InChI is InChI=1S/C18H20N2O4.C10H14N2O2.ClH/c19-16(17(21)22)10-13-6-8-14(9-7-13)11-20-18(23)24-12-15-4-2-1-3-5-15;11-6-8-3-1-7(2-4-8)5-9(12)10(13)14;/h1-9,16H,10-12,19H2,(H,20,23)(H,21,22);1-4,9H,5-6,11-12H2,(H,13,14);1H/t16-;9-;/m00./s1. The molecule has 9 N–H and O–H groups in total. The Morgan fingerprint density at radius 2 is 1.13 bits per heavy atom. The maximum Gasteiger partial charge on any atom is 0.407 e. The monoisotopic (exact) mass is 558 g/mol. The van der Waals surface area contributed by atoms with Crippen molar-refractivity contribution in [3.05, 3.63) is 107 Å². The zero-order valence-corrected chi connectivity index (χ0v) is 22.2. The Bertz CT molecular complexity index is 1160. The molecule has 0 radical (unpaired) electrons. The number of carboxylic acids is 2. The Hall–Kier alpha value is -3.96. The summed E-state index contributed by atoms with van der Waals surface area (Å²) in [5.74, 6) is -2.00. The van der Waals surface area contributed by atoms with E-state index in [0.29, 0.717) is 19.5 Å². The van der Waals surface area contributed by atoms with Gasteiger partial charge in [0, 0.05) is 13.1 Å². The van der Waals surface area contributed by atoms with Crippen LogP contribution in [0.25, 0.3) is 0 Å². The Morgan fingerprint density at radius 3 is 1.56 bits per heavy atom. The number of aliphatic carboxylic acids is 2. The SMILES string of the molecule is Cl.NCc1ccc(C[C@H](N)C(=O)O)cc1.N[C@@H](Cc1ccc(CNC(=O)OCc2ccccc2)cc1)C(=O)O. The van der Waals surface area contributed by atoms with E-state index in [1.807, 2.05) is 66.7 Å². The highest BCUT2D eigenvalue weighted by atomic mass is 35.5. The number of halogens is 1. The molecule has 0 saturated carbocycles. The number of alkyl carbamates (subject to hydrolysis) is 1. The van der Waals surface area contributed by atoms with Crippen LogP contribution < -0.4 is 22.5 Å². The molecule has 2 atom stereocenters. The van der Waals surface area contributed by atoms with E-state index in [1.165, 1.54) is 0 Å². The predicted octanol–water partition coefficient (Wildman–Crippen LogP) is 2.59. The van der Waals surface area contributed by atoms with Gasteiger partial charge in [-0.05, 0) is 40.7 Å². The summed E-state index contributed by atoms with van der Waals surface area (Å²) in [6.45, 7) is 1.04. The summed E-state index contributed by atoms with van der Waals surface area (Å²) in [5.41, 5.74) is 20.9. The second kappa shape index (κ2) is 17.5. The van der Waals surface area contributed by atoms with E-state index in [-0.39, 0.29) is 25.4 Å². The van der Waals surface area contributed by atoms with Crippen molar-refractivity contribution >= 4 is 30.4 Å². The van der Waals surface area contributed by atoms with Gasteiger partial charge in [0.25, 0.3) is 0 Å². The number of nitrogens with two attached hydrogens (primary N) is 3. The van der Waals surface area contributed by atoms with Gasteiger partial charge in [0.2, 0.25) is 0 Å². The minimum atomic E-state index is -1.03. The molecule has 0 saturated heterocycles. The van der Waals surface area contributed by atoms with Crippen molar-refractivity contribution in [2.75, 3.05) is 0 Å². The van der Waals surface area contributed by atoms with E-state index in [2.05, 4.69) is 5.32 Å². The number of hydrogen-bond donors (Lipinski definition) is 6. The minimum Gasteiger partial charge on any atom is -0.480 e. The fourth-order valence-corrected chi connectivity index (χ4v) is 3.24. The number of rotatable bonds is 11. The molecule has 1 amide bonds. The summed E-state index contributed by atoms with van der Waals surface area (Å²) in [5, 5.41) is 20.1. The summed E-state index contributed by atoms with van der Waals surface area (Å²) in [6, 6.07) is 22.4. The van der Waals surface area contributed by atoms with Crippen LogP contribution >= 0.6 is 12.4 Å². The normalized spacial score (nSPS) is 11.6. The molecule has 39 heavy (non-hydrogen) atoms. The first-order chi connectivity index (χ1) is 18.2. The quantitative estimate of drug-likeness (QED) is 0.205. The number of nitrogens with one attached hydrogen (secondary N) is 1. The molecule has 3 rings (SSSR count). The van der Waals surface area contributed by atoms with Gasteiger partial charge in [-0.2, -0.15) is 0 Å². The highest BCUT2D eigenvalue weighted by molar-refractivity contribution is 5.85. The van der Waals surface area contributed by atoms with Crippen LogP contribution in [-0.4, -0.2) is 40.3 Å². The van der Waals surface area contributed by atoms with E-state index in [4.69, 9.17) is 32.2 Å². The molecule has 0 spiro atoms. The second-order valence-electron chi connectivity index (χ2n) is 8.55. The summed E-state index contributed by atoms with van der Waals surface area (Å²) >= 11 is 0. The van der Waals surface area contributed by atoms with Crippen molar-refractivity contribution < 1.29 is 29.3 Å². The maximum absolute atomic E-state index is 11.7. The molecular weight excluding hydrogens is 524 g/mol. The van der Waals surface area contributed by atoms with Crippen molar-refractivity contribution in [2.45, 2.75) is 44.6 Å². The summed E-state index contributed by atoms with van der Waals surface area (Å²) in [4.78, 5) is 32.9. The van der Waals surface area contributed by atoms with Crippen molar-refractivity contribution in [1.82, 2.24) is 5.32 Å². The number of carboxylic acid groups (broad SMARTS) is 2. The number of carbonyl (C=O) groups excluding carboxylic acids is 1. The highest BCUT2D eigenvalue weighted by Crippen LogP contribution is 2.08. The van der Waals surface area contributed by atoms with Crippen molar-refractivity contribution in [3.8, 4) is 0 Å². The van der Waals surface area contributed by atoms with Crippen molar-refractivity contribution in [2.24, 2.45) is 17.2 Å². The zero-order chi connectivity index (χ0) is 27.9. The molecular formula is C28H35ClN4O6. The Balaban J connectivity index is 0.000000434. The molecule has 210 valence electrons. The van der Waals surface area contributed by atoms with E-state index < -0.39 is 30.1 Å². The van der Waals surface area contributed by atoms with Crippen LogP contribution in [0.2, 0.25) is 0 Å². The molecule has 11 heteroatoms. The number of ether oxygens (including phenoxy) is 1. The first kappa shape index (κ1) is 33.1. The maximum atomic E-state index is 11.7. The van der Waals surface area contributed by atoms with Gasteiger partial charge in [-0.1, -0.05) is 78.9 Å². The van der Waals surface area contributed by atoms with Gasteiger partial charge < -0.3 is 37.5 Å². The summed E-state index contributed by atoms with van der Waals surface area (Å²) < 4.78 is 5.12. The van der Waals surface area contributed by atoms with Gasteiger partial charge in [0.15, 0.2) is 0 Å². The average molecular weight is 559 g/mol. The molecule has 3 aromatic carbocycles. The average Bonchev–Trinajstić information content (AvgIpc) is 2.92. The largest absolute Gasteiger partial charge is 0.480 e. The lowest BCUT2D eigenvalue weighted by Crippen LogP contribution is -2.32. The van der Waals surface area contributed by atoms with Crippen LogP contribution in [0.1, 0.15) is 27.8 Å². The first-order valence-corrected chi connectivity index (χ1v) is 11.9. The van der Waals surface area contributed by atoms with Gasteiger partial charge in [-0.25, -0.2) is 4.79 Å². The molecule has 0 aliphatic heterocycles. The van der Waals surface area contributed by atoms with Crippen LogP contribution in [0.15, 0.2) is 78.9 Å². The Kier molecular flexibility index (Phi) is 14.9. The molecule has 10 nitrogen and oxygen atoms in total. The molecule has 0 aliphatic carbocycles. The van der Waals surface area contributed by atoms with Crippen LogP contribution in [0, 0.1) is 0 Å². The van der Waals surface area contributed by atoms with Gasteiger partial charge in [0.1, 0.15) is 18.7 Å². The van der Waals surface area contributed by atoms with E-state index in [0.717, 1.165) is 27.8 Å². The Morgan fingerprint density at radius 1 is 0.692 bits per heavy atom. The van der Waals surface area contributed by atoms with E-state index in [1.54, 1.807) is 12.1 Å². The fraction of sp³-hybridized carbons (Fsp3) is 0.250. The smallest absolute Gasteiger partial charge is 0.407 e. The van der Waals surface area contributed by atoms with Crippen LogP contribution in [-0.2, 0) is 46.9 Å². The van der Waals surface area contributed by atoms with Crippen molar-refractivity contribution in [1.29, 1.82) is 0 Å². The number of amides is 1. The second-order valence-corrected chi connectivity index (χ2v) is 8.55. The molecule has 0 aliphatic rings. The highest BCUT2D eigenvalue weighted by Gasteiger charge is 2.12. The molecule has 0 bridgehead atoms. The number of hydrogen-bond acceptors (Lipinski definition) is 7. The summed E-state index contributed by atoms with van der Waals surface area (Å²) in [7, 11) is 0. The zero-order valence-electron chi connectivity index (χ0n) is 21.4. The third-order valence-electron chi connectivity index (χ3n) is 5.48. The van der Waals surface area contributed by atoms with Crippen molar-refractivity contribution in [3.63, 3.8) is 0 Å². The number of benzene rings is 3. The van der Waals surface area contributed by atoms with E-state index >= 15 is 0 Å². The summed E-state index contributed by atoms with van der Waals surface area (Å²) in [6.07, 6.45) is 0.123. The fourth-order valence-electron chi connectivity index (χ4n) is 3.24. The van der Waals surface area contributed by atoms with Gasteiger partial charge in [0.05, 0.1) is 0 Å². The lowest BCUT2D eigenvalue weighted by molar-refractivity contribution is -0.139. The van der Waals surface area contributed by atoms with Gasteiger partial charge in [-0.15, -0.1) is 12.4 Å². The molecule has 0 fully saturated rings. The predicted molar refractivity (Wildman–Crippen MR) is 150 cm³/mol. The molecule has 0 heterocycles. The van der Waals surface area contributed by atoms with Crippen LogP contribution in [0.3, 0.4) is 0 Å². The lowest BCUT2D eigenvalue weighted by Gasteiger charge is -2.09. The molecule has 0 unspecified atom stereocenters. The first-order valence-electron chi connectivity index (χ1n) is 11.9. The van der Waals surface area contributed by atoms with Crippen LogP contribution in [0.4, 0.5) is 4.79 Å². The number of carbonyl (C=O) groups is 3. The third-order valence-corrected chi connectivity index (χ3v) is 5.48.